The summed E-state index contributed by atoms with van der Waals surface area (Å²) in [7, 11) is 0. The van der Waals surface area contributed by atoms with Crippen molar-refractivity contribution in [1.82, 2.24) is 10.3 Å². The summed E-state index contributed by atoms with van der Waals surface area (Å²) < 4.78 is 23.6. The number of carbonyl (C=O) groups is 1. The summed E-state index contributed by atoms with van der Waals surface area (Å²) >= 11 is 0. The molecule has 3 aromatic rings. The van der Waals surface area contributed by atoms with Crippen LogP contribution in [0.4, 0.5) is 10.2 Å². The highest BCUT2D eigenvalue weighted by Crippen LogP contribution is 2.32. The van der Waals surface area contributed by atoms with Crippen LogP contribution in [0.3, 0.4) is 0 Å². The van der Waals surface area contributed by atoms with Crippen LogP contribution in [-0.2, 0) is 13.1 Å². The number of anilines is 1. The molecule has 1 aromatic heterocycles. The van der Waals surface area contributed by atoms with Gasteiger partial charge in [0, 0.05) is 24.8 Å². The molecule has 28 heavy (non-hydrogen) atoms. The number of hydrogen-bond donors (Lipinski definition) is 2. The topological polar surface area (TPSA) is 72.5 Å². The minimum absolute atomic E-state index is 0.224. The molecule has 0 atom stereocenters. The summed E-state index contributed by atoms with van der Waals surface area (Å²) in [6.07, 6.45) is 1.58. The third-order valence-corrected chi connectivity index (χ3v) is 4.30. The quantitative estimate of drug-likeness (QED) is 0.686. The maximum atomic E-state index is 12.9. The van der Waals surface area contributed by atoms with Gasteiger partial charge in [0.05, 0.1) is 0 Å². The van der Waals surface area contributed by atoms with Gasteiger partial charge in [-0.15, -0.1) is 0 Å². The highest BCUT2D eigenvalue weighted by atomic mass is 19.1. The third kappa shape index (κ3) is 4.20. The van der Waals surface area contributed by atoms with Gasteiger partial charge in [0.2, 0.25) is 6.79 Å². The first-order chi connectivity index (χ1) is 13.7. The van der Waals surface area contributed by atoms with Crippen LogP contribution in [0.15, 0.2) is 60.8 Å². The van der Waals surface area contributed by atoms with E-state index in [4.69, 9.17) is 9.47 Å². The first-order valence-corrected chi connectivity index (χ1v) is 8.78. The first-order valence-electron chi connectivity index (χ1n) is 8.78. The molecule has 6 nitrogen and oxygen atoms in total. The number of nitrogens with one attached hydrogen (secondary N) is 2. The van der Waals surface area contributed by atoms with Crippen molar-refractivity contribution in [2.24, 2.45) is 0 Å². The minimum atomic E-state index is -0.303. The fourth-order valence-corrected chi connectivity index (χ4v) is 2.80. The Bertz CT molecular complexity index is 992. The maximum Gasteiger partial charge on any atom is 0.251 e. The Kier molecular flexibility index (Phi) is 5.05. The van der Waals surface area contributed by atoms with E-state index in [0.717, 1.165) is 22.6 Å². The predicted molar refractivity (Wildman–Crippen MR) is 102 cm³/mol. The molecule has 1 amide bonds. The van der Waals surface area contributed by atoms with Gasteiger partial charge in [-0.05, 0) is 47.5 Å². The molecule has 2 heterocycles. The first kappa shape index (κ1) is 17.8. The molecule has 0 spiro atoms. The number of pyridine rings is 1. The number of rotatable bonds is 6. The van der Waals surface area contributed by atoms with Gasteiger partial charge in [-0.2, -0.15) is 0 Å². The summed E-state index contributed by atoms with van der Waals surface area (Å²) in [4.78, 5) is 16.6. The van der Waals surface area contributed by atoms with Crippen LogP contribution in [0.5, 0.6) is 11.5 Å². The average molecular weight is 379 g/mol. The fourth-order valence-electron chi connectivity index (χ4n) is 2.80. The molecule has 2 N–H and O–H groups in total. The molecule has 1 aliphatic rings. The van der Waals surface area contributed by atoms with Gasteiger partial charge >= 0.3 is 0 Å². The molecule has 7 heteroatoms. The van der Waals surface area contributed by atoms with Gasteiger partial charge in [0.1, 0.15) is 11.6 Å². The highest BCUT2D eigenvalue weighted by molar-refractivity contribution is 5.94. The van der Waals surface area contributed by atoms with Crippen LogP contribution >= 0.6 is 0 Å². The van der Waals surface area contributed by atoms with E-state index < -0.39 is 0 Å². The monoisotopic (exact) mass is 379 g/mol. The Morgan fingerprint density at radius 2 is 1.75 bits per heavy atom. The van der Waals surface area contributed by atoms with Crippen molar-refractivity contribution in [1.29, 1.82) is 0 Å². The number of fused-ring (bicyclic) bond motifs is 1. The summed E-state index contributed by atoms with van der Waals surface area (Å²) in [6.45, 7) is 1.09. The predicted octanol–water partition coefficient (Wildman–Crippen LogP) is 3.49. The molecule has 0 saturated heterocycles. The maximum absolute atomic E-state index is 12.9. The van der Waals surface area contributed by atoms with Crippen molar-refractivity contribution in [3.05, 3.63) is 83.3 Å². The van der Waals surface area contributed by atoms with Gasteiger partial charge < -0.3 is 20.1 Å². The van der Waals surface area contributed by atoms with Crippen molar-refractivity contribution in [3.63, 3.8) is 0 Å². The largest absolute Gasteiger partial charge is 0.454 e. The van der Waals surface area contributed by atoms with Crippen molar-refractivity contribution < 1.29 is 18.7 Å². The van der Waals surface area contributed by atoms with Crippen LogP contribution in [0.2, 0.25) is 0 Å². The molecule has 4 rings (SSSR count). The van der Waals surface area contributed by atoms with Gasteiger partial charge in [0.15, 0.2) is 11.5 Å². The zero-order chi connectivity index (χ0) is 19.3. The second-order valence-electron chi connectivity index (χ2n) is 6.28. The molecule has 2 aromatic carbocycles. The Balaban J connectivity index is 1.35. The lowest BCUT2D eigenvalue weighted by atomic mass is 10.2. The van der Waals surface area contributed by atoms with Crippen molar-refractivity contribution in [2.75, 3.05) is 12.1 Å². The SMILES string of the molecule is O=C(NCc1ccc(F)cc1)c1ccnc(NCc2ccc3c(c2)OCO3)c1. The summed E-state index contributed by atoms with van der Waals surface area (Å²) in [5.74, 6) is 1.52. The van der Waals surface area contributed by atoms with Gasteiger partial charge in [-0.1, -0.05) is 18.2 Å². The van der Waals surface area contributed by atoms with Crippen molar-refractivity contribution in [2.45, 2.75) is 13.1 Å². The summed E-state index contributed by atoms with van der Waals surface area (Å²) in [5, 5.41) is 6.01. The zero-order valence-electron chi connectivity index (χ0n) is 14.9. The number of amides is 1. The number of ether oxygens (including phenoxy) is 2. The van der Waals surface area contributed by atoms with E-state index in [9.17, 15) is 9.18 Å². The van der Waals surface area contributed by atoms with Crippen molar-refractivity contribution in [3.8, 4) is 11.5 Å². The smallest absolute Gasteiger partial charge is 0.251 e. The van der Waals surface area contributed by atoms with E-state index in [0.29, 0.717) is 24.5 Å². The average Bonchev–Trinajstić information content (AvgIpc) is 3.20. The van der Waals surface area contributed by atoms with Gasteiger partial charge in [-0.3, -0.25) is 4.79 Å². The number of hydrogen-bond acceptors (Lipinski definition) is 5. The lowest BCUT2D eigenvalue weighted by molar-refractivity contribution is 0.0951. The molecule has 0 radical (unpaired) electrons. The van der Waals surface area contributed by atoms with E-state index in [1.807, 2.05) is 18.2 Å². The third-order valence-electron chi connectivity index (χ3n) is 4.30. The Labute approximate surface area is 161 Å². The van der Waals surface area contributed by atoms with E-state index in [1.54, 1.807) is 30.5 Å². The van der Waals surface area contributed by atoms with Gasteiger partial charge in [-0.25, -0.2) is 9.37 Å². The molecule has 0 fully saturated rings. The van der Waals surface area contributed by atoms with E-state index in [2.05, 4.69) is 15.6 Å². The normalized spacial score (nSPS) is 11.9. The van der Waals surface area contributed by atoms with Crippen LogP contribution in [0.25, 0.3) is 0 Å². The second-order valence-corrected chi connectivity index (χ2v) is 6.28. The summed E-state index contributed by atoms with van der Waals surface area (Å²) in [6, 6.07) is 15.1. The van der Waals surface area contributed by atoms with Gasteiger partial charge in [0.25, 0.3) is 5.91 Å². The molecule has 0 aliphatic carbocycles. The Morgan fingerprint density at radius 3 is 2.61 bits per heavy atom. The number of nitrogens with zero attached hydrogens (tertiary/aromatic N) is 1. The lowest BCUT2D eigenvalue weighted by Crippen LogP contribution is -2.23. The number of aromatic nitrogens is 1. The summed E-state index contributed by atoms with van der Waals surface area (Å²) in [5.41, 5.74) is 2.33. The molecule has 0 unspecified atom stereocenters. The highest BCUT2D eigenvalue weighted by Gasteiger charge is 2.13. The van der Waals surface area contributed by atoms with Crippen molar-refractivity contribution >= 4 is 11.7 Å². The number of benzene rings is 2. The molecule has 0 saturated carbocycles. The van der Waals surface area contributed by atoms with E-state index in [-0.39, 0.29) is 18.5 Å². The molecule has 0 bridgehead atoms. The molecule has 1 aliphatic heterocycles. The number of carbonyl (C=O) groups excluding carboxylic acids is 1. The lowest BCUT2D eigenvalue weighted by Gasteiger charge is -2.09. The Morgan fingerprint density at radius 1 is 0.964 bits per heavy atom. The second kappa shape index (κ2) is 7.96. The van der Waals surface area contributed by atoms with Crippen LogP contribution in [0, 0.1) is 5.82 Å². The van der Waals surface area contributed by atoms with Crippen LogP contribution in [0.1, 0.15) is 21.5 Å². The number of halogens is 1. The standard InChI is InChI=1S/C21H18FN3O3/c22-17-4-1-14(2-5-17)11-25-21(26)16-7-8-23-20(10-16)24-12-15-3-6-18-19(9-15)28-13-27-18/h1-10H,11-13H2,(H,23,24)(H,25,26). The van der Waals surface area contributed by atoms with Crippen LogP contribution < -0.4 is 20.1 Å². The molecule has 142 valence electrons. The molecular formula is C21H18FN3O3. The minimum Gasteiger partial charge on any atom is -0.454 e. The molecular weight excluding hydrogens is 361 g/mol. The van der Waals surface area contributed by atoms with E-state index >= 15 is 0 Å². The Hall–Kier alpha value is -3.61. The zero-order valence-corrected chi connectivity index (χ0v) is 14.9. The fraction of sp³-hybridized carbons (Fsp3) is 0.143. The van der Waals surface area contributed by atoms with E-state index in [1.165, 1.54) is 12.1 Å². The van der Waals surface area contributed by atoms with Crippen LogP contribution in [-0.4, -0.2) is 17.7 Å².